The summed E-state index contributed by atoms with van der Waals surface area (Å²) in [5, 5.41) is 0. The average Bonchev–Trinajstić information content (AvgIpc) is 3.12. The molecule has 0 aliphatic carbocycles. The van der Waals surface area contributed by atoms with Crippen molar-refractivity contribution in [3.05, 3.63) is 52.1 Å². The molecule has 0 atom stereocenters. The van der Waals surface area contributed by atoms with Gasteiger partial charge in [0.25, 0.3) is 0 Å². The van der Waals surface area contributed by atoms with Crippen LogP contribution in [-0.4, -0.2) is 35.6 Å². The minimum atomic E-state index is -0.219. The number of imidazole rings is 1. The van der Waals surface area contributed by atoms with Gasteiger partial charge < -0.3 is 9.64 Å². The SMILES string of the molecule is COC(=O)Cc1c(C)cc2nc(-c3cccc(Br)c3)cn2c1N1CCC(C)(C)CC1. The fraction of sp³-hybridized carbons (Fsp3) is 0.417. The molecule has 1 aromatic carbocycles. The third kappa shape index (κ3) is 4.10. The van der Waals surface area contributed by atoms with Crippen LogP contribution in [0.2, 0.25) is 0 Å². The van der Waals surface area contributed by atoms with Crippen LogP contribution in [0.15, 0.2) is 41.0 Å². The first-order chi connectivity index (χ1) is 14.3. The maximum Gasteiger partial charge on any atom is 0.310 e. The van der Waals surface area contributed by atoms with Crippen LogP contribution in [0.1, 0.15) is 37.8 Å². The Bertz CT molecular complexity index is 1090. The summed E-state index contributed by atoms with van der Waals surface area (Å²) in [5.41, 5.74) is 5.32. The fourth-order valence-electron chi connectivity index (χ4n) is 4.16. The molecule has 3 heterocycles. The summed E-state index contributed by atoms with van der Waals surface area (Å²) in [7, 11) is 1.45. The second-order valence-electron chi connectivity index (χ2n) is 8.90. The number of hydrogen-bond acceptors (Lipinski definition) is 4. The summed E-state index contributed by atoms with van der Waals surface area (Å²) >= 11 is 3.55. The van der Waals surface area contributed by atoms with Crippen molar-refractivity contribution in [2.45, 2.75) is 40.0 Å². The summed E-state index contributed by atoms with van der Waals surface area (Å²) in [6.45, 7) is 8.64. The van der Waals surface area contributed by atoms with E-state index in [1.807, 2.05) is 12.1 Å². The van der Waals surface area contributed by atoms with Crippen molar-refractivity contribution in [1.82, 2.24) is 9.38 Å². The van der Waals surface area contributed by atoms with Gasteiger partial charge in [0.05, 0.1) is 19.2 Å². The number of esters is 1. The summed E-state index contributed by atoms with van der Waals surface area (Å²) in [5.74, 6) is 0.850. The number of hydrogen-bond donors (Lipinski definition) is 0. The fourth-order valence-corrected chi connectivity index (χ4v) is 4.56. The van der Waals surface area contributed by atoms with Crippen molar-refractivity contribution in [3.63, 3.8) is 0 Å². The molecule has 6 heteroatoms. The van der Waals surface area contributed by atoms with Crippen LogP contribution in [0.3, 0.4) is 0 Å². The number of carbonyl (C=O) groups excluding carboxylic acids is 1. The van der Waals surface area contributed by atoms with Crippen LogP contribution >= 0.6 is 15.9 Å². The van der Waals surface area contributed by atoms with Gasteiger partial charge in [0.2, 0.25) is 0 Å². The molecule has 0 spiro atoms. The number of piperidine rings is 1. The Balaban J connectivity index is 1.87. The van der Waals surface area contributed by atoms with Gasteiger partial charge in [0.1, 0.15) is 11.5 Å². The highest BCUT2D eigenvalue weighted by Gasteiger charge is 2.29. The second-order valence-corrected chi connectivity index (χ2v) is 9.81. The zero-order valence-electron chi connectivity index (χ0n) is 18.0. The molecular formula is C24H28BrN3O2. The largest absolute Gasteiger partial charge is 0.469 e. The van der Waals surface area contributed by atoms with E-state index in [1.54, 1.807) is 0 Å². The average molecular weight is 470 g/mol. The van der Waals surface area contributed by atoms with E-state index in [4.69, 9.17) is 9.72 Å². The van der Waals surface area contributed by atoms with Crippen molar-refractivity contribution in [3.8, 4) is 11.3 Å². The molecule has 1 fully saturated rings. The van der Waals surface area contributed by atoms with Crippen LogP contribution in [0.5, 0.6) is 0 Å². The van der Waals surface area contributed by atoms with Gasteiger partial charge in [-0.1, -0.05) is 41.9 Å². The van der Waals surface area contributed by atoms with Gasteiger partial charge in [0.15, 0.2) is 0 Å². The quantitative estimate of drug-likeness (QED) is 0.478. The van der Waals surface area contributed by atoms with E-state index in [0.29, 0.717) is 5.41 Å². The lowest BCUT2D eigenvalue weighted by molar-refractivity contribution is -0.139. The number of nitrogens with zero attached hydrogens (tertiary/aromatic N) is 3. The summed E-state index contributed by atoms with van der Waals surface area (Å²) in [4.78, 5) is 19.5. The molecular weight excluding hydrogens is 442 g/mol. The van der Waals surface area contributed by atoms with E-state index in [-0.39, 0.29) is 12.4 Å². The predicted molar refractivity (Wildman–Crippen MR) is 124 cm³/mol. The Kier molecular flexibility index (Phi) is 5.62. The van der Waals surface area contributed by atoms with Crippen LogP contribution in [0.4, 0.5) is 5.82 Å². The first-order valence-electron chi connectivity index (χ1n) is 10.4. The number of ether oxygens (including phenoxy) is 1. The van der Waals surface area contributed by atoms with Crippen molar-refractivity contribution in [2.75, 3.05) is 25.1 Å². The van der Waals surface area contributed by atoms with Crippen LogP contribution in [0.25, 0.3) is 16.9 Å². The third-order valence-corrected chi connectivity index (χ3v) is 6.63. The molecule has 0 amide bonds. The number of fused-ring (bicyclic) bond motifs is 1. The Labute approximate surface area is 186 Å². The molecule has 5 nitrogen and oxygen atoms in total. The zero-order chi connectivity index (χ0) is 21.5. The number of benzene rings is 1. The monoisotopic (exact) mass is 469 g/mol. The number of pyridine rings is 1. The molecule has 0 radical (unpaired) electrons. The topological polar surface area (TPSA) is 46.8 Å². The lowest BCUT2D eigenvalue weighted by Gasteiger charge is -2.39. The summed E-state index contributed by atoms with van der Waals surface area (Å²) in [6.07, 6.45) is 4.59. The van der Waals surface area contributed by atoms with E-state index in [9.17, 15) is 4.79 Å². The number of rotatable bonds is 4. The Morgan fingerprint density at radius 2 is 1.97 bits per heavy atom. The zero-order valence-corrected chi connectivity index (χ0v) is 19.6. The molecule has 2 aromatic heterocycles. The van der Waals surface area contributed by atoms with Crippen LogP contribution in [0, 0.1) is 12.3 Å². The minimum Gasteiger partial charge on any atom is -0.469 e. The van der Waals surface area contributed by atoms with Gasteiger partial charge in [-0.15, -0.1) is 0 Å². The third-order valence-electron chi connectivity index (χ3n) is 6.14. The van der Waals surface area contributed by atoms with E-state index in [0.717, 1.165) is 64.3 Å². The van der Waals surface area contributed by atoms with Gasteiger partial charge in [-0.05, 0) is 48.9 Å². The molecule has 158 valence electrons. The van der Waals surface area contributed by atoms with Crippen molar-refractivity contribution in [1.29, 1.82) is 0 Å². The molecule has 0 N–H and O–H groups in total. The van der Waals surface area contributed by atoms with E-state index >= 15 is 0 Å². The van der Waals surface area contributed by atoms with Crippen molar-refractivity contribution >= 4 is 33.4 Å². The molecule has 1 aliphatic heterocycles. The number of carbonyl (C=O) groups is 1. The van der Waals surface area contributed by atoms with Gasteiger partial charge in [-0.25, -0.2) is 4.98 Å². The Hall–Kier alpha value is -2.34. The highest BCUT2D eigenvalue weighted by atomic mass is 79.9. The Morgan fingerprint density at radius 1 is 1.23 bits per heavy atom. The minimum absolute atomic E-state index is 0.219. The molecule has 0 bridgehead atoms. The smallest absolute Gasteiger partial charge is 0.310 e. The predicted octanol–water partition coefficient (Wildman–Crippen LogP) is 5.41. The van der Waals surface area contributed by atoms with Gasteiger partial charge in [-0.2, -0.15) is 0 Å². The molecule has 3 aromatic rings. The Morgan fingerprint density at radius 3 is 2.63 bits per heavy atom. The number of aryl methyl sites for hydroxylation is 1. The van der Waals surface area contributed by atoms with Crippen molar-refractivity contribution < 1.29 is 9.53 Å². The lowest BCUT2D eigenvalue weighted by Crippen LogP contribution is -2.39. The maximum absolute atomic E-state index is 12.2. The normalized spacial score (nSPS) is 16.1. The molecule has 1 saturated heterocycles. The number of halogens is 1. The lowest BCUT2D eigenvalue weighted by atomic mass is 9.82. The van der Waals surface area contributed by atoms with E-state index in [2.05, 4.69) is 70.4 Å². The van der Waals surface area contributed by atoms with Crippen molar-refractivity contribution in [2.24, 2.45) is 5.41 Å². The van der Waals surface area contributed by atoms with Gasteiger partial charge in [0, 0.05) is 34.9 Å². The van der Waals surface area contributed by atoms with Gasteiger partial charge >= 0.3 is 5.97 Å². The molecule has 30 heavy (non-hydrogen) atoms. The molecule has 1 aliphatic rings. The van der Waals surface area contributed by atoms with Crippen LogP contribution in [-0.2, 0) is 16.0 Å². The van der Waals surface area contributed by atoms with E-state index in [1.165, 1.54) is 7.11 Å². The number of methoxy groups -OCH3 is 1. The first kappa shape index (κ1) is 20.9. The number of anilines is 1. The summed E-state index contributed by atoms with van der Waals surface area (Å²) in [6, 6.07) is 10.2. The molecule has 0 saturated carbocycles. The summed E-state index contributed by atoms with van der Waals surface area (Å²) < 4.78 is 8.18. The molecule has 0 unspecified atom stereocenters. The standard InChI is InChI=1S/C24H28BrN3O2/c1-16-12-21-26-20(17-6-5-7-18(25)13-17)15-28(21)23(19(16)14-22(29)30-4)27-10-8-24(2,3)9-11-27/h5-7,12-13,15H,8-11,14H2,1-4H3. The second kappa shape index (κ2) is 8.06. The highest BCUT2D eigenvalue weighted by molar-refractivity contribution is 9.10. The highest BCUT2D eigenvalue weighted by Crippen LogP contribution is 2.36. The molecule has 4 rings (SSSR count). The number of aromatic nitrogens is 2. The maximum atomic E-state index is 12.2. The van der Waals surface area contributed by atoms with Gasteiger partial charge in [-0.3, -0.25) is 9.20 Å². The first-order valence-corrected chi connectivity index (χ1v) is 11.2. The van der Waals surface area contributed by atoms with Crippen LogP contribution < -0.4 is 4.90 Å². The van der Waals surface area contributed by atoms with E-state index < -0.39 is 0 Å².